The van der Waals surface area contributed by atoms with Crippen LogP contribution in [0.15, 0.2) is 30.0 Å². The summed E-state index contributed by atoms with van der Waals surface area (Å²) in [6.07, 6.45) is 3.49. The summed E-state index contributed by atoms with van der Waals surface area (Å²) in [5.74, 6) is -0.382. The van der Waals surface area contributed by atoms with Gasteiger partial charge in [0.25, 0.3) is 5.91 Å². The molecule has 1 fully saturated rings. The molecule has 6 nitrogen and oxygen atoms in total. The maximum atomic E-state index is 12.2. The number of nitrogens with one attached hydrogen (secondary N) is 2. The number of nitriles is 1. The van der Waals surface area contributed by atoms with Crippen LogP contribution >= 0.6 is 0 Å². The second-order valence-corrected chi connectivity index (χ2v) is 6.33. The van der Waals surface area contributed by atoms with Crippen molar-refractivity contribution in [2.24, 2.45) is 0 Å². The lowest BCUT2D eigenvalue weighted by molar-refractivity contribution is -0.117. The number of nitrogens with zero attached hydrogens (tertiary/aromatic N) is 2. The van der Waals surface area contributed by atoms with Gasteiger partial charge in [-0.15, -0.1) is 0 Å². The first-order valence-electron chi connectivity index (χ1n) is 9.21. The normalized spacial score (nSPS) is 16.8. The van der Waals surface area contributed by atoms with E-state index in [-0.39, 0.29) is 17.6 Å². The Morgan fingerprint density at radius 3 is 2.77 bits per heavy atom. The van der Waals surface area contributed by atoms with Crippen LogP contribution in [0, 0.1) is 18.3 Å². The highest BCUT2D eigenvalue weighted by Gasteiger charge is 2.17. The predicted octanol–water partition coefficient (Wildman–Crippen LogP) is 2.96. The quantitative estimate of drug-likeness (QED) is 0.553. The van der Waals surface area contributed by atoms with Gasteiger partial charge in [-0.1, -0.05) is 0 Å². The molecular formula is C20H28N4O2. The molecule has 0 aromatic heterocycles. The van der Waals surface area contributed by atoms with Crippen molar-refractivity contribution in [3.8, 4) is 6.07 Å². The Bertz CT molecular complexity index is 684. The van der Waals surface area contributed by atoms with Crippen molar-refractivity contribution < 1.29 is 9.53 Å². The Hall–Kier alpha value is -2.52. The number of carbonyl (C=O) groups is 1. The number of amides is 1. The van der Waals surface area contributed by atoms with E-state index in [0.29, 0.717) is 6.54 Å². The summed E-state index contributed by atoms with van der Waals surface area (Å²) in [6, 6.07) is 8.07. The fourth-order valence-electron chi connectivity index (χ4n) is 3.00. The van der Waals surface area contributed by atoms with Crippen LogP contribution < -0.4 is 15.5 Å². The minimum absolute atomic E-state index is 0.0511. The molecular weight excluding hydrogens is 328 g/mol. The van der Waals surface area contributed by atoms with Crippen LogP contribution in [-0.2, 0) is 9.53 Å². The Balaban J connectivity index is 1.99. The monoisotopic (exact) mass is 356 g/mol. The summed E-state index contributed by atoms with van der Waals surface area (Å²) in [4.78, 5) is 14.4. The van der Waals surface area contributed by atoms with Crippen molar-refractivity contribution in [1.82, 2.24) is 5.32 Å². The van der Waals surface area contributed by atoms with E-state index in [1.165, 1.54) is 6.20 Å². The van der Waals surface area contributed by atoms with Crippen molar-refractivity contribution in [2.75, 3.05) is 36.5 Å². The Morgan fingerprint density at radius 1 is 1.42 bits per heavy atom. The van der Waals surface area contributed by atoms with Crippen LogP contribution in [0.2, 0.25) is 0 Å². The van der Waals surface area contributed by atoms with Crippen molar-refractivity contribution in [1.29, 1.82) is 5.26 Å². The lowest BCUT2D eigenvalue weighted by Gasteiger charge is -2.22. The molecule has 1 atom stereocenters. The molecule has 0 spiro atoms. The molecule has 1 aromatic carbocycles. The molecule has 1 aromatic rings. The third-order valence-corrected chi connectivity index (χ3v) is 4.59. The van der Waals surface area contributed by atoms with E-state index in [1.54, 1.807) is 0 Å². The van der Waals surface area contributed by atoms with E-state index in [1.807, 2.05) is 25.1 Å². The molecule has 2 N–H and O–H groups in total. The van der Waals surface area contributed by atoms with Crippen molar-refractivity contribution >= 4 is 17.3 Å². The van der Waals surface area contributed by atoms with Gasteiger partial charge in [-0.3, -0.25) is 4.79 Å². The highest BCUT2D eigenvalue weighted by Crippen LogP contribution is 2.22. The van der Waals surface area contributed by atoms with E-state index in [0.717, 1.165) is 49.5 Å². The average Bonchev–Trinajstić information content (AvgIpc) is 3.16. The zero-order chi connectivity index (χ0) is 18.9. The van der Waals surface area contributed by atoms with Gasteiger partial charge in [-0.25, -0.2) is 0 Å². The average molecular weight is 356 g/mol. The molecule has 1 aliphatic rings. The first kappa shape index (κ1) is 19.8. The molecule has 1 unspecified atom stereocenters. The summed E-state index contributed by atoms with van der Waals surface area (Å²) in [5, 5.41) is 15.1. The number of benzene rings is 1. The lowest BCUT2D eigenvalue weighted by atomic mass is 10.1. The minimum atomic E-state index is -0.382. The van der Waals surface area contributed by atoms with Gasteiger partial charge in [0, 0.05) is 43.8 Å². The van der Waals surface area contributed by atoms with E-state index >= 15 is 0 Å². The number of hydrogen-bond donors (Lipinski definition) is 2. The fourth-order valence-corrected chi connectivity index (χ4v) is 3.00. The van der Waals surface area contributed by atoms with Crippen molar-refractivity contribution in [3.05, 3.63) is 35.5 Å². The summed E-state index contributed by atoms with van der Waals surface area (Å²) >= 11 is 0. The van der Waals surface area contributed by atoms with Crippen LogP contribution in [0.4, 0.5) is 11.4 Å². The maximum Gasteiger partial charge on any atom is 0.263 e. The van der Waals surface area contributed by atoms with Crippen molar-refractivity contribution in [3.63, 3.8) is 0 Å². The van der Waals surface area contributed by atoms with Gasteiger partial charge in [0.15, 0.2) is 0 Å². The highest BCUT2D eigenvalue weighted by molar-refractivity contribution is 5.97. The van der Waals surface area contributed by atoms with Crippen LogP contribution in [-0.4, -0.2) is 38.3 Å². The highest BCUT2D eigenvalue weighted by atomic mass is 16.5. The number of aryl methyl sites for hydroxylation is 1. The Kier molecular flexibility index (Phi) is 7.49. The minimum Gasteiger partial charge on any atom is -0.376 e. The molecule has 26 heavy (non-hydrogen) atoms. The first-order chi connectivity index (χ1) is 12.6. The number of carbonyl (C=O) groups excluding carboxylic acids is 1. The third kappa shape index (κ3) is 5.24. The SMILES string of the molecule is CCN(CC)c1ccc(N/C=C(/C#N)C(=O)NCC2CCCO2)c(C)c1. The van der Waals surface area contributed by atoms with Crippen LogP contribution in [0.5, 0.6) is 0 Å². The standard InChI is InChI=1S/C20H28N4O2/c1-4-24(5-2)17-8-9-19(15(3)11-17)22-13-16(12-21)20(25)23-14-18-7-6-10-26-18/h8-9,11,13,18,22H,4-7,10,14H2,1-3H3,(H,23,25)/b16-13-. The maximum absolute atomic E-state index is 12.2. The smallest absolute Gasteiger partial charge is 0.263 e. The fraction of sp³-hybridized carbons (Fsp3) is 0.500. The molecule has 0 bridgehead atoms. The third-order valence-electron chi connectivity index (χ3n) is 4.59. The van der Waals surface area contributed by atoms with Crippen molar-refractivity contribution in [2.45, 2.75) is 39.7 Å². The molecule has 140 valence electrons. The summed E-state index contributed by atoms with van der Waals surface area (Å²) in [5.41, 5.74) is 3.15. The van der Waals surface area contributed by atoms with E-state index < -0.39 is 0 Å². The molecule has 1 heterocycles. The molecule has 0 saturated carbocycles. The number of ether oxygens (including phenoxy) is 1. The number of hydrogen-bond acceptors (Lipinski definition) is 5. The summed E-state index contributed by atoms with van der Waals surface area (Å²) in [6.45, 7) is 9.34. The number of anilines is 2. The predicted molar refractivity (Wildman–Crippen MR) is 104 cm³/mol. The molecule has 0 radical (unpaired) electrons. The van der Waals surface area contributed by atoms with Gasteiger partial charge in [-0.2, -0.15) is 5.26 Å². The van der Waals surface area contributed by atoms with Gasteiger partial charge in [0.05, 0.1) is 6.10 Å². The zero-order valence-electron chi connectivity index (χ0n) is 15.8. The van der Waals surface area contributed by atoms with Crippen LogP contribution in [0.3, 0.4) is 0 Å². The summed E-state index contributed by atoms with van der Waals surface area (Å²) in [7, 11) is 0. The van der Waals surface area contributed by atoms with E-state index in [9.17, 15) is 10.1 Å². The summed E-state index contributed by atoms with van der Waals surface area (Å²) < 4.78 is 5.47. The second kappa shape index (κ2) is 9.83. The first-order valence-corrected chi connectivity index (χ1v) is 9.21. The second-order valence-electron chi connectivity index (χ2n) is 6.33. The number of rotatable bonds is 8. The largest absolute Gasteiger partial charge is 0.376 e. The van der Waals surface area contributed by atoms with E-state index in [2.05, 4.69) is 35.4 Å². The van der Waals surface area contributed by atoms with Gasteiger partial charge >= 0.3 is 0 Å². The van der Waals surface area contributed by atoms with Gasteiger partial charge in [-0.05, 0) is 57.4 Å². The molecule has 1 saturated heterocycles. The van der Waals surface area contributed by atoms with E-state index in [4.69, 9.17) is 4.74 Å². The van der Waals surface area contributed by atoms with Crippen LogP contribution in [0.25, 0.3) is 0 Å². The lowest BCUT2D eigenvalue weighted by Crippen LogP contribution is -2.32. The molecule has 0 aliphatic carbocycles. The van der Waals surface area contributed by atoms with Gasteiger partial charge in [0.2, 0.25) is 0 Å². The van der Waals surface area contributed by atoms with Gasteiger partial charge < -0.3 is 20.3 Å². The zero-order valence-corrected chi connectivity index (χ0v) is 15.8. The molecule has 1 amide bonds. The Morgan fingerprint density at radius 2 is 2.19 bits per heavy atom. The van der Waals surface area contributed by atoms with Gasteiger partial charge in [0.1, 0.15) is 11.6 Å². The molecule has 6 heteroatoms. The topological polar surface area (TPSA) is 77.4 Å². The van der Waals surface area contributed by atoms with Crippen LogP contribution in [0.1, 0.15) is 32.3 Å². The Labute approximate surface area is 155 Å². The molecule has 1 aliphatic heterocycles. The molecule has 2 rings (SSSR count).